The summed E-state index contributed by atoms with van der Waals surface area (Å²) in [4.78, 5) is 34.6. The number of unbranched alkanes of at least 4 members (excludes halogenated alkanes) is 12. The zero-order chi connectivity index (χ0) is 27.4. The van der Waals surface area contributed by atoms with Crippen molar-refractivity contribution in [3.05, 3.63) is 0 Å². The van der Waals surface area contributed by atoms with Crippen LogP contribution in [0.4, 0.5) is 0 Å². The molecule has 0 aromatic rings. The highest BCUT2D eigenvalue weighted by Gasteiger charge is 2.19. The Hall–Kier alpha value is -1.71. The zero-order valence-electron chi connectivity index (χ0n) is 23.6. The molecule has 0 radical (unpaired) electrons. The third-order valence-corrected chi connectivity index (χ3v) is 6.29. The minimum absolute atomic E-state index is 0.0266. The van der Waals surface area contributed by atoms with E-state index < -0.39 is 12.0 Å². The van der Waals surface area contributed by atoms with Gasteiger partial charge in [0.05, 0.1) is 19.8 Å². The maximum atomic E-state index is 12.2. The van der Waals surface area contributed by atoms with Crippen molar-refractivity contribution in [2.45, 2.75) is 116 Å². The van der Waals surface area contributed by atoms with Crippen molar-refractivity contribution >= 4 is 17.8 Å². The number of ether oxygens (including phenoxy) is 2. The van der Waals surface area contributed by atoms with Gasteiger partial charge in [-0.15, -0.1) is 0 Å². The molecule has 218 valence electrons. The lowest BCUT2D eigenvalue weighted by Crippen LogP contribution is -2.41. The van der Waals surface area contributed by atoms with Crippen LogP contribution < -0.4 is 16.0 Å². The largest absolute Gasteiger partial charge is 0.480 e. The molecule has 0 aliphatic rings. The zero-order valence-corrected chi connectivity index (χ0v) is 23.6. The van der Waals surface area contributed by atoms with E-state index in [4.69, 9.17) is 9.47 Å². The molecule has 4 N–H and O–H groups in total. The number of nitrogens with one attached hydrogen (secondary N) is 3. The minimum atomic E-state index is -0.987. The van der Waals surface area contributed by atoms with E-state index in [0.717, 1.165) is 19.3 Å². The monoisotopic (exact) mass is 529 g/mol. The number of carbonyl (C=O) groups is 3. The molecular formula is C28H55N3O6. The number of aliphatic carboxylic acids is 1. The number of carboxylic acids is 1. The van der Waals surface area contributed by atoms with Gasteiger partial charge in [0, 0.05) is 20.0 Å². The summed E-state index contributed by atoms with van der Waals surface area (Å²) in [5.74, 6) is -1.33. The summed E-state index contributed by atoms with van der Waals surface area (Å²) in [5, 5.41) is 17.7. The highest BCUT2D eigenvalue weighted by atomic mass is 16.5. The van der Waals surface area contributed by atoms with Gasteiger partial charge in [0.25, 0.3) is 0 Å². The molecular weight excluding hydrogens is 474 g/mol. The third kappa shape index (κ3) is 25.7. The summed E-state index contributed by atoms with van der Waals surface area (Å²) in [5.41, 5.74) is 0. The standard InChI is InChI=1S/C28H55N3O6/c1-3-4-5-6-7-8-9-10-11-12-13-14-15-18-26(32)31-25(28(34)35)17-16-19-30-20-21-36-22-23-37-24-27(33)29-2/h25,30H,3-24H2,1-2H3,(H,29,33)(H,31,32)(H,34,35). The molecule has 0 rings (SSSR count). The first-order chi connectivity index (χ1) is 18.0. The molecule has 0 aromatic heterocycles. The maximum absolute atomic E-state index is 12.2. The number of amides is 2. The second-order valence-corrected chi connectivity index (χ2v) is 9.68. The normalized spacial score (nSPS) is 11.8. The minimum Gasteiger partial charge on any atom is -0.480 e. The van der Waals surface area contributed by atoms with Gasteiger partial charge in [-0.25, -0.2) is 4.79 Å². The molecule has 0 spiro atoms. The molecule has 0 aliphatic heterocycles. The summed E-state index contributed by atoms with van der Waals surface area (Å²) >= 11 is 0. The fourth-order valence-electron chi connectivity index (χ4n) is 3.98. The average molecular weight is 530 g/mol. The Balaban J connectivity index is 3.58. The summed E-state index contributed by atoms with van der Waals surface area (Å²) in [6.07, 6.45) is 17.7. The summed E-state index contributed by atoms with van der Waals surface area (Å²) in [6.45, 7) is 4.83. The van der Waals surface area contributed by atoms with Crippen LogP contribution in [0.15, 0.2) is 0 Å². The van der Waals surface area contributed by atoms with Crippen LogP contribution in [-0.4, -0.2) is 75.5 Å². The molecule has 0 fully saturated rings. The molecule has 0 heterocycles. The van der Waals surface area contributed by atoms with Crippen molar-refractivity contribution in [2.24, 2.45) is 0 Å². The lowest BCUT2D eigenvalue weighted by molar-refractivity contribution is -0.142. The van der Waals surface area contributed by atoms with Crippen molar-refractivity contribution in [1.29, 1.82) is 0 Å². The molecule has 0 bridgehead atoms. The van der Waals surface area contributed by atoms with Crippen LogP contribution in [0.1, 0.15) is 110 Å². The molecule has 1 atom stereocenters. The molecule has 2 amide bonds. The van der Waals surface area contributed by atoms with Crippen molar-refractivity contribution in [2.75, 3.05) is 46.6 Å². The Kier molecular flexibility index (Phi) is 26.1. The second kappa shape index (κ2) is 27.3. The van der Waals surface area contributed by atoms with E-state index in [1.807, 2.05) is 0 Å². The van der Waals surface area contributed by atoms with E-state index in [2.05, 4.69) is 22.9 Å². The lowest BCUT2D eigenvalue weighted by Gasteiger charge is -2.15. The van der Waals surface area contributed by atoms with Gasteiger partial charge in [-0.1, -0.05) is 84.0 Å². The van der Waals surface area contributed by atoms with E-state index in [1.165, 1.54) is 64.2 Å². The van der Waals surface area contributed by atoms with Crippen LogP contribution in [0.2, 0.25) is 0 Å². The van der Waals surface area contributed by atoms with Gasteiger partial charge in [-0.2, -0.15) is 0 Å². The van der Waals surface area contributed by atoms with Crippen molar-refractivity contribution < 1.29 is 29.0 Å². The van der Waals surface area contributed by atoms with Gasteiger partial charge in [0.2, 0.25) is 11.8 Å². The predicted octanol–water partition coefficient (Wildman–Crippen LogP) is 4.19. The van der Waals surface area contributed by atoms with Crippen LogP contribution in [0.3, 0.4) is 0 Å². The fourth-order valence-corrected chi connectivity index (χ4v) is 3.98. The van der Waals surface area contributed by atoms with E-state index in [0.29, 0.717) is 52.2 Å². The van der Waals surface area contributed by atoms with Crippen LogP contribution in [-0.2, 0) is 23.9 Å². The molecule has 1 unspecified atom stereocenters. The highest BCUT2D eigenvalue weighted by Crippen LogP contribution is 2.13. The summed E-state index contributed by atoms with van der Waals surface area (Å²) < 4.78 is 10.5. The first-order valence-electron chi connectivity index (χ1n) is 14.6. The van der Waals surface area contributed by atoms with E-state index >= 15 is 0 Å². The van der Waals surface area contributed by atoms with Gasteiger partial charge in [0.1, 0.15) is 12.6 Å². The average Bonchev–Trinajstić information content (AvgIpc) is 2.88. The first-order valence-corrected chi connectivity index (χ1v) is 14.6. The number of hydrogen-bond acceptors (Lipinski definition) is 6. The topological polar surface area (TPSA) is 126 Å². The molecule has 9 nitrogen and oxygen atoms in total. The van der Waals surface area contributed by atoms with E-state index in [1.54, 1.807) is 7.05 Å². The number of carbonyl (C=O) groups excluding carboxylic acids is 2. The lowest BCUT2D eigenvalue weighted by atomic mass is 10.0. The Labute approximate surface area is 225 Å². The van der Waals surface area contributed by atoms with Crippen LogP contribution >= 0.6 is 0 Å². The van der Waals surface area contributed by atoms with Crippen LogP contribution in [0.5, 0.6) is 0 Å². The number of rotatable bonds is 28. The quantitative estimate of drug-likeness (QED) is 0.112. The van der Waals surface area contributed by atoms with Gasteiger partial charge in [-0.3, -0.25) is 9.59 Å². The van der Waals surface area contributed by atoms with Gasteiger partial charge < -0.3 is 30.5 Å². The third-order valence-electron chi connectivity index (χ3n) is 6.29. The van der Waals surface area contributed by atoms with E-state index in [-0.39, 0.29) is 18.4 Å². The van der Waals surface area contributed by atoms with E-state index in [9.17, 15) is 19.5 Å². The van der Waals surface area contributed by atoms with Gasteiger partial charge >= 0.3 is 5.97 Å². The summed E-state index contributed by atoms with van der Waals surface area (Å²) in [6, 6.07) is -0.843. The molecule has 9 heteroatoms. The molecule has 37 heavy (non-hydrogen) atoms. The molecule has 0 aliphatic carbocycles. The SMILES string of the molecule is CCCCCCCCCCCCCCCC(=O)NC(CCCNCCOCCOCC(=O)NC)C(=O)O. The Morgan fingerprint density at radius 2 is 1.27 bits per heavy atom. The van der Waals surface area contributed by atoms with Gasteiger partial charge in [0.15, 0.2) is 0 Å². The Morgan fingerprint density at radius 3 is 1.84 bits per heavy atom. The van der Waals surface area contributed by atoms with Crippen LogP contribution in [0.25, 0.3) is 0 Å². The number of likely N-dealkylation sites (N-methyl/N-ethyl adjacent to an activating group) is 1. The van der Waals surface area contributed by atoms with Crippen LogP contribution in [0, 0.1) is 0 Å². The first kappa shape index (κ1) is 35.3. The maximum Gasteiger partial charge on any atom is 0.326 e. The fraction of sp³-hybridized carbons (Fsp3) is 0.893. The summed E-state index contributed by atoms with van der Waals surface area (Å²) in [7, 11) is 1.56. The number of hydrogen-bond donors (Lipinski definition) is 4. The smallest absolute Gasteiger partial charge is 0.326 e. The molecule has 0 saturated heterocycles. The van der Waals surface area contributed by atoms with Gasteiger partial charge in [-0.05, 0) is 25.8 Å². The van der Waals surface area contributed by atoms with Crippen molar-refractivity contribution in [1.82, 2.24) is 16.0 Å². The Bertz CT molecular complexity index is 562. The highest BCUT2D eigenvalue weighted by molar-refractivity contribution is 5.83. The molecule has 0 saturated carbocycles. The van der Waals surface area contributed by atoms with Crippen molar-refractivity contribution in [3.63, 3.8) is 0 Å². The number of carboxylic acid groups (broad SMARTS) is 1. The Morgan fingerprint density at radius 1 is 0.703 bits per heavy atom. The second-order valence-electron chi connectivity index (χ2n) is 9.68. The van der Waals surface area contributed by atoms with Crippen molar-refractivity contribution in [3.8, 4) is 0 Å². The molecule has 0 aromatic carbocycles. The predicted molar refractivity (Wildman–Crippen MR) is 148 cm³/mol.